The molecule has 2 aromatic carbocycles. The molecule has 0 aromatic heterocycles. The molecule has 2 aromatic rings. The molecule has 0 heterocycles. The summed E-state index contributed by atoms with van der Waals surface area (Å²) >= 11 is 0. The zero-order valence-corrected chi connectivity index (χ0v) is 18.2. The first-order valence-electron chi connectivity index (χ1n) is 9.53. The summed E-state index contributed by atoms with van der Waals surface area (Å²) in [5.41, 5.74) is -0.509. The average Bonchev–Trinajstić information content (AvgIpc) is 2.75. The van der Waals surface area contributed by atoms with Gasteiger partial charge in [0, 0.05) is 36.3 Å². The van der Waals surface area contributed by atoms with Crippen LogP contribution in [0.2, 0.25) is 0 Å². The molecule has 0 aliphatic heterocycles. The van der Waals surface area contributed by atoms with E-state index in [0.29, 0.717) is 25.7 Å². The molecule has 172 valence electrons. The van der Waals surface area contributed by atoms with Crippen LogP contribution in [0.1, 0.15) is 25.7 Å². The largest absolute Gasteiger partial charge is 0.269 e. The van der Waals surface area contributed by atoms with Gasteiger partial charge in [0.05, 0.1) is 19.6 Å². The topological polar surface area (TPSA) is 179 Å². The van der Waals surface area contributed by atoms with E-state index in [1.54, 1.807) is 0 Å². The van der Waals surface area contributed by atoms with Gasteiger partial charge in [-0.25, -0.2) is 26.3 Å². The van der Waals surface area contributed by atoms with Crippen LogP contribution in [0.25, 0.3) is 0 Å². The Bertz CT molecular complexity index is 1120. The molecule has 1 saturated carbocycles. The zero-order valence-electron chi connectivity index (χ0n) is 16.6. The highest BCUT2D eigenvalue weighted by Crippen LogP contribution is 2.24. The summed E-state index contributed by atoms with van der Waals surface area (Å²) < 4.78 is 56.0. The van der Waals surface area contributed by atoms with E-state index in [1.165, 1.54) is 0 Å². The number of sulfonamides is 2. The van der Waals surface area contributed by atoms with Crippen LogP contribution in [-0.2, 0) is 20.0 Å². The summed E-state index contributed by atoms with van der Waals surface area (Å²) in [6.07, 6.45) is 2.14. The fraction of sp³-hybridized carbons (Fsp3) is 0.333. The molecular formula is C18H20N4O8S2. The lowest BCUT2D eigenvalue weighted by atomic mass is 9.92. The van der Waals surface area contributed by atoms with Crippen molar-refractivity contribution in [1.82, 2.24) is 9.44 Å². The van der Waals surface area contributed by atoms with Crippen LogP contribution in [0, 0.1) is 20.2 Å². The predicted molar refractivity (Wildman–Crippen MR) is 113 cm³/mol. The molecular weight excluding hydrogens is 464 g/mol. The maximum absolute atomic E-state index is 12.7. The molecule has 2 atom stereocenters. The van der Waals surface area contributed by atoms with Crippen molar-refractivity contribution < 1.29 is 26.7 Å². The predicted octanol–water partition coefficient (Wildman–Crippen LogP) is 2.07. The van der Waals surface area contributed by atoms with E-state index >= 15 is 0 Å². The quantitative estimate of drug-likeness (QED) is 0.422. The number of benzene rings is 2. The molecule has 0 amide bonds. The van der Waals surface area contributed by atoms with Crippen LogP contribution < -0.4 is 9.44 Å². The van der Waals surface area contributed by atoms with Gasteiger partial charge in [-0.05, 0) is 37.1 Å². The van der Waals surface area contributed by atoms with Gasteiger partial charge in [0.2, 0.25) is 20.0 Å². The Labute approximate surface area is 184 Å². The van der Waals surface area contributed by atoms with Crippen LogP contribution in [0.5, 0.6) is 0 Å². The molecule has 0 spiro atoms. The molecule has 0 bridgehead atoms. The summed E-state index contributed by atoms with van der Waals surface area (Å²) in [6, 6.07) is 7.26. The fourth-order valence-corrected chi connectivity index (χ4v) is 6.06. The second-order valence-corrected chi connectivity index (χ2v) is 10.7. The molecule has 12 nitrogen and oxygen atoms in total. The molecule has 3 rings (SSSR count). The van der Waals surface area contributed by atoms with E-state index in [4.69, 9.17) is 0 Å². The SMILES string of the molecule is O=[N+]([O-])c1ccc(S(=O)(=O)N[C@H]2CCCC[C@@H]2NS(=O)(=O)c2ccc([N+](=O)[O-])cc2)cc1. The maximum atomic E-state index is 12.7. The summed E-state index contributed by atoms with van der Waals surface area (Å²) in [4.78, 5) is 19.9. The van der Waals surface area contributed by atoms with E-state index in [-0.39, 0.29) is 21.2 Å². The third kappa shape index (κ3) is 5.45. The van der Waals surface area contributed by atoms with Gasteiger partial charge in [0.1, 0.15) is 0 Å². The lowest BCUT2D eigenvalue weighted by Crippen LogP contribution is -2.52. The Morgan fingerprint density at radius 3 is 1.25 bits per heavy atom. The van der Waals surface area contributed by atoms with Crippen LogP contribution in [0.3, 0.4) is 0 Å². The number of hydrogen-bond donors (Lipinski definition) is 2. The lowest BCUT2D eigenvalue weighted by Gasteiger charge is -2.32. The highest BCUT2D eigenvalue weighted by molar-refractivity contribution is 7.90. The van der Waals surface area contributed by atoms with E-state index in [2.05, 4.69) is 9.44 Å². The van der Waals surface area contributed by atoms with Crippen molar-refractivity contribution >= 4 is 31.4 Å². The second-order valence-electron chi connectivity index (χ2n) is 7.24. The van der Waals surface area contributed by atoms with E-state index < -0.39 is 42.0 Å². The number of nitro benzene ring substituents is 2. The number of hydrogen-bond acceptors (Lipinski definition) is 8. The number of nitro groups is 2. The minimum Gasteiger partial charge on any atom is -0.258 e. The first kappa shape index (κ1) is 23.7. The van der Waals surface area contributed by atoms with Crippen molar-refractivity contribution in [3.05, 3.63) is 68.8 Å². The highest BCUT2D eigenvalue weighted by atomic mass is 32.2. The number of non-ortho nitro benzene ring substituents is 2. The Morgan fingerprint density at radius 1 is 0.656 bits per heavy atom. The standard InChI is InChI=1S/C18H20N4O8S2/c23-21(24)13-5-9-15(10-6-13)31(27,28)19-17-3-1-2-4-18(17)20-32(29,30)16-11-7-14(8-12-16)22(25)26/h5-12,17-20H,1-4H2/t17-,18-/m0/s1. The minimum atomic E-state index is -4.05. The number of nitrogens with zero attached hydrogens (tertiary/aromatic N) is 2. The third-order valence-electron chi connectivity index (χ3n) is 5.09. The average molecular weight is 485 g/mol. The van der Waals surface area contributed by atoms with Gasteiger partial charge in [0.15, 0.2) is 0 Å². The number of rotatable bonds is 8. The van der Waals surface area contributed by atoms with Crippen LogP contribution in [0.4, 0.5) is 11.4 Å². The van der Waals surface area contributed by atoms with E-state index in [0.717, 1.165) is 48.5 Å². The summed E-state index contributed by atoms with van der Waals surface area (Å²) in [5, 5.41) is 21.5. The third-order valence-corrected chi connectivity index (χ3v) is 8.11. The van der Waals surface area contributed by atoms with Crippen molar-refractivity contribution in [3.63, 3.8) is 0 Å². The smallest absolute Gasteiger partial charge is 0.258 e. The molecule has 0 unspecified atom stereocenters. The first-order valence-corrected chi connectivity index (χ1v) is 12.5. The van der Waals surface area contributed by atoms with Gasteiger partial charge < -0.3 is 0 Å². The summed E-state index contributed by atoms with van der Waals surface area (Å²) in [6.45, 7) is 0. The monoisotopic (exact) mass is 484 g/mol. The Morgan fingerprint density at radius 2 is 0.969 bits per heavy atom. The van der Waals surface area contributed by atoms with Crippen molar-refractivity contribution in [3.8, 4) is 0 Å². The lowest BCUT2D eigenvalue weighted by molar-refractivity contribution is -0.385. The Hall–Kier alpha value is -2.94. The van der Waals surface area contributed by atoms with Gasteiger partial charge in [-0.2, -0.15) is 0 Å². The van der Waals surface area contributed by atoms with Gasteiger partial charge >= 0.3 is 0 Å². The van der Waals surface area contributed by atoms with Gasteiger partial charge in [-0.1, -0.05) is 12.8 Å². The van der Waals surface area contributed by atoms with Crippen molar-refractivity contribution in [1.29, 1.82) is 0 Å². The summed E-state index contributed by atoms with van der Waals surface area (Å²) in [5.74, 6) is 0. The van der Waals surface area contributed by atoms with Gasteiger partial charge in [-0.3, -0.25) is 20.2 Å². The molecule has 1 fully saturated rings. The Balaban J connectivity index is 1.77. The minimum absolute atomic E-state index is 0.175. The molecule has 1 aliphatic rings. The molecule has 14 heteroatoms. The van der Waals surface area contributed by atoms with E-state index in [1.807, 2.05) is 0 Å². The molecule has 2 N–H and O–H groups in total. The molecule has 1 aliphatic carbocycles. The Kier molecular flexibility index (Phi) is 6.88. The molecule has 32 heavy (non-hydrogen) atoms. The second kappa shape index (κ2) is 9.28. The van der Waals surface area contributed by atoms with Crippen molar-refractivity contribution in [2.24, 2.45) is 0 Å². The van der Waals surface area contributed by atoms with Crippen LogP contribution in [0.15, 0.2) is 58.3 Å². The maximum Gasteiger partial charge on any atom is 0.269 e. The van der Waals surface area contributed by atoms with Crippen LogP contribution >= 0.6 is 0 Å². The fourth-order valence-electron chi connectivity index (χ4n) is 3.44. The number of nitrogens with one attached hydrogen (secondary N) is 2. The van der Waals surface area contributed by atoms with Crippen molar-refractivity contribution in [2.45, 2.75) is 47.6 Å². The first-order chi connectivity index (χ1) is 15.0. The van der Waals surface area contributed by atoms with Crippen LogP contribution in [-0.4, -0.2) is 38.8 Å². The highest BCUT2D eigenvalue weighted by Gasteiger charge is 2.33. The van der Waals surface area contributed by atoms with Crippen molar-refractivity contribution in [2.75, 3.05) is 0 Å². The molecule has 0 saturated heterocycles. The summed E-state index contributed by atoms with van der Waals surface area (Å²) in [7, 11) is -8.11. The normalized spacial score (nSPS) is 19.4. The van der Waals surface area contributed by atoms with Gasteiger partial charge in [-0.15, -0.1) is 0 Å². The zero-order chi connectivity index (χ0) is 23.5. The molecule has 0 radical (unpaired) electrons. The van der Waals surface area contributed by atoms with E-state index in [9.17, 15) is 37.1 Å². The van der Waals surface area contributed by atoms with Gasteiger partial charge in [0.25, 0.3) is 11.4 Å².